The van der Waals surface area contributed by atoms with Gasteiger partial charge in [-0.15, -0.1) is 0 Å². The van der Waals surface area contributed by atoms with Crippen LogP contribution in [0.2, 0.25) is 0 Å². The van der Waals surface area contributed by atoms with Crippen molar-refractivity contribution in [2.45, 2.75) is 18.9 Å². The quantitative estimate of drug-likeness (QED) is 0.872. The van der Waals surface area contributed by atoms with Gasteiger partial charge in [0.25, 0.3) is 0 Å². The minimum absolute atomic E-state index is 0.0671. The number of pyridine rings is 1. The second-order valence-corrected chi connectivity index (χ2v) is 4.18. The normalized spacial score (nSPS) is 16.4. The first kappa shape index (κ1) is 12.5. The SMILES string of the molecule is COc1cc(N2CCC(OC(N)=O)CC2)ccn1. The molecule has 0 saturated carbocycles. The molecule has 2 heterocycles. The van der Waals surface area contributed by atoms with E-state index in [1.807, 2.05) is 12.1 Å². The van der Waals surface area contributed by atoms with Crippen LogP contribution in [0.25, 0.3) is 0 Å². The number of hydrogen-bond donors (Lipinski definition) is 1. The van der Waals surface area contributed by atoms with Gasteiger partial charge in [0.15, 0.2) is 0 Å². The van der Waals surface area contributed by atoms with Crippen molar-refractivity contribution in [1.29, 1.82) is 0 Å². The lowest BCUT2D eigenvalue weighted by Crippen LogP contribution is -2.38. The highest BCUT2D eigenvalue weighted by molar-refractivity contribution is 5.64. The van der Waals surface area contributed by atoms with Gasteiger partial charge in [-0.2, -0.15) is 0 Å². The van der Waals surface area contributed by atoms with E-state index in [1.54, 1.807) is 13.3 Å². The maximum atomic E-state index is 10.7. The highest BCUT2D eigenvalue weighted by atomic mass is 16.6. The Morgan fingerprint density at radius 2 is 2.22 bits per heavy atom. The Balaban J connectivity index is 1.94. The summed E-state index contributed by atoms with van der Waals surface area (Å²) in [4.78, 5) is 16.9. The van der Waals surface area contributed by atoms with Crippen LogP contribution in [0.4, 0.5) is 10.5 Å². The van der Waals surface area contributed by atoms with E-state index in [4.69, 9.17) is 15.2 Å². The molecule has 1 aromatic heterocycles. The largest absolute Gasteiger partial charge is 0.481 e. The van der Waals surface area contributed by atoms with E-state index in [-0.39, 0.29) is 6.10 Å². The Kier molecular flexibility index (Phi) is 3.86. The highest BCUT2D eigenvalue weighted by Gasteiger charge is 2.21. The van der Waals surface area contributed by atoms with Crippen molar-refractivity contribution in [1.82, 2.24) is 4.98 Å². The van der Waals surface area contributed by atoms with E-state index in [1.165, 1.54) is 0 Å². The fourth-order valence-corrected chi connectivity index (χ4v) is 2.10. The number of aromatic nitrogens is 1. The molecule has 98 valence electrons. The zero-order valence-electron chi connectivity index (χ0n) is 10.3. The molecule has 1 fully saturated rings. The Bertz CT molecular complexity index is 417. The number of carbonyl (C=O) groups is 1. The molecular formula is C12H17N3O3. The van der Waals surface area contributed by atoms with E-state index in [9.17, 15) is 4.79 Å². The number of nitrogens with zero attached hydrogens (tertiary/aromatic N) is 2. The summed E-state index contributed by atoms with van der Waals surface area (Å²) in [6.07, 6.45) is 2.53. The highest BCUT2D eigenvalue weighted by Crippen LogP contribution is 2.23. The number of nitrogens with two attached hydrogens (primary N) is 1. The molecule has 18 heavy (non-hydrogen) atoms. The van der Waals surface area contributed by atoms with Gasteiger partial charge >= 0.3 is 6.09 Å². The van der Waals surface area contributed by atoms with Gasteiger partial charge in [-0.25, -0.2) is 9.78 Å². The number of methoxy groups -OCH3 is 1. The number of carbonyl (C=O) groups excluding carboxylic acids is 1. The van der Waals surface area contributed by atoms with Crippen LogP contribution in [-0.2, 0) is 4.74 Å². The van der Waals surface area contributed by atoms with Crippen molar-refractivity contribution >= 4 is 11.8 Å². The summed E-state index contributed by atoms with van der Waals surface area (Å²) >= 11 is 0. The number of primary amides is 1. The van der Waals surface area contributed by atoms with Crippen molar-refractivity contribution in [2.75, 3.05) is 25.1 Å². The average Bonchev–Trinajstić information content (AvgIpc) is 2.39. The number of piperidine rings is 1. The molecule has 1 aliphatic rings. The minimum atomic E-state index is -0.695. The summed E-state index contributed by atoms with van der Waals surface area (Å²) < 4.78 is 10.1. The van der Waals surface area contributed by atoms with Crippen LogP contribution in [0.1, 0.15) is 12.8 Å². The van der Waals surface area contributed by atoms with Gasteiger partial charge in [-0.1, -0.05) is 0 Å². The van der Waals surface area contributed by atoms with Gasteiger partial charge < -0.3 is 20.1 Å². The second kappa shape index (κ2) is 5.57. The third-order valence-electron chi connectivity index (χ3n) is 3.02. The molecule has 1 saturated heterocycles. The lowest BCUT2D eigenvalue weighted by molar-refractivity contribution is 0.0912. The first-order valence-corrected chi connectivity index (χ1v) is 5.90. The molecule has 0 atom stereocenters. The predicted octanol–water partition coefficient (Wildman–Crippen LogP) is 1.15. The molecule has 0 unspecified atom stereocenters. The summed E-state index contributed by atoms with van der Waals surface area (Å²) in [6.45, 7) is 1.65. The second-order valence-electron chi connectivity index (χ2n) is 4.18. The first-order valence-electron chi connectivity index (χ1n) is 5.90. The number of rotatable bonds is 3. The Morgan fingerprint density at radius 1 is 1.50 bits per heavy atom. The molecular weight excluding hydrogens is 234 g/mol. The third-order valence-corrected chi connectivity index (χ3v) is 3.02. The Morgan fingerprint density at radius 3 is 2.83 bits per heavy atom. The molecule has 2 rings (SSSR count). The molecule has 1 aliphatic heterocycles. The van der Waals surface area contributed by atoms with Crippen LogP contribution in [0.3, 0.4) is 0 Å². The van der Waals surface area contributed by atoms with E-state index in [0.717, 1.165) is 31.6 Å². The number of ether oxygens (including phenoxy) is 2. The van der Waals surface area contributed by atoms with Crippen LogP contribution >= 0.6 is 0 Å². The molecule has 6 heteroatoms. The molecule has 6 nitrogen and oxygen atoms in total. The van der Waals surface area contributed by atoms with Gasteiger partial charge in [0.2, 0.25) is 5.88 Å². The molecule has 0 aromatic carbocycles. The zero-order valence-corrected chi connectivity index (χ0v) is 10.3. The van der Waals surface area contributed by atoms with Crippen molar-refractivity contribution in [3.05, 3.63) is 18.3 Å². The van der Waals surface area contributed by atoms with E-state index in [0.29, 0.717) is 5.88 Å². The van der Waals surface area contributed by atoms with Crippen molar-refractivity contribution in [3.63, 3.8) is 0 Å². The smallest absolute Gasteiger partial charge is 0.404 e. The summed E-state index contributed by atoms with van der Waals surface area (Å²) in [5.74, 6) is 0.600. The van der Waals surface area contributed by atoms with Gasteiger partial charge in [-0.3, -0.25) is 0 Å². The van der Waals surface area contributed by atoms with Gasteiger partial charge in [-0.05, 0) is 6.07 Å². The molecule has 0 bridgehead atoms. The molecule has 2 N–H and O–H groups in total. The zero-order chi connectivity index (χ0) is 13.0. The van der Waals surface area contributed by atoms with Crippen LogP contribution < -0.4 is 15.4 Å². The summed E-state index contributed by atoms with van der Waals surface area (Å²) in [5.41, 5.74) is 6.08. The summed E-state index contributed by atoms with van der Waals surface area (Å²) in [7, 11) is 1.60. The van der Waals surface area contributed by atoms with E-state index in [2.05, 4.69) is 9.88 Å². The van der Waals surface area contributed by atoms with E-state index >= 15 is 0 Å². The number of hydrogen-bond acceptors (Lipinski definition) is 5. The molecule has 0 aliphatic carbocycles. The molecule has 1 aromatic rings. The Labute approximate surface area is 106 Å². The maximum absolute atomic E-state index is 10.7. The number of anilines is 1. The first-order chi connectivity index (χ1) is 8.69. The molecule has 0 spiro atoms. The van der Waals surface area contributed by atoms with Gasteiger partial charge in [0, 0.05) is 43.9 Å². The van der Waals surface area contributed by atoms with Crippen LogP contribution in [0, 0.1) is 0 Å². The lowest BCUT2D eigenvalue weighted by atomic mass is 10.1. The van der Waals surface area contributed by atoms with Gasteiger partial charge in [0.05, 0.1) is 7.11 Å². The van der Waals surface area contributed by atoms with Crippen LogP contribution in [0.15, 0.2) is 18.3 Å². The van der Waals surface area contributed by atoms with Crippen LogP contribution in [0.5, 0.6) is 5.88 Å². The third kappa shape index (κ3) is 3.03. The topological polar surface area (TPSA) is 77.7 Å². The Hall–Kier alpha value is -1.98. The fraction of sp³-hybridized carbons (Fsp3) is 0.500. The van der Waals surface area contributed by atoms with Crippen molar-refractivity contribution < 1.29 is 14.3 Å². The molecule has 1 amide bonds. The predicted molar refractivity (Wildman–Crippen MR) is 66.7 cm³/mol. The van der Waals surface area contributed by atoms with Crippen molar-refractivity contribution in [3.8, 4) is 5.88 Å². The summed E-state index contributed by atoms with van der Waals surface area (Å²) in [6, 6.07) is 3.84. The maximum Gasteiger partial charge on any atom is 0.404 e. The standard InChI is InChI=1S/C12H17N3O3/c1-17-11-8-9(2-5-14-11)15-6-3-10(4-7-15)18-12(13)16/h2,5,8,10H,3-4,6-7H2,1H3,(H2,13,16). The average molecular weight is 251 g/mol. The lowest BCUT2D eigenvalue weighted by Gasteiger charge is -2.32. The van der Waals surface area contributed by atoms with Gasteiger partial charge in [0.1, 0.15) is 6.10 Å². The summed E-state index contributed by atoms with van der Waals surface area (Å²) in [5, 5.41) is 0. The fourth-order valence-electron chi connectivity index (χ4n) is 2.10. The molecule has 0 radical (unpaired) electrons. The minimum Gasteiger partial charge on any atom is -0.481 e. The number of amides is 1. The van der Waals surface area contributed by atoms with E-state index < -0.39 is 6.09 Å². The monoisotopic (exact) mass is 251 g/mol. The van der Waals surface area contributed by atoms with Crippen LogP contribution in [-0.4, -0.2) is 37.4 Å². The van der Waals surface area contributed by atoms with Crippen molar-refractivity contribution in [2.24, 2.45) is 5.73 Å².